The number of rotatable bonds is 6. The van der Waals surface area contributed by atoms with Gasteiger partial charge in [-0.2, -0.15) is 9.97 Å². The molecule has 0 aliphatic rings. The van der Waals surface area contributed by atoms with Crippen molar-refractivity contribution in [1.29, 1.82) is 0 Å². The molecule has 284 valence electrons. The van der Waals surface area contributed by atoms with Crippen LogP contribution in [-0.2, 0) is 0 Å². The Bertz CT molecular complexity index is 3620. The number of para-hydroxylation sites is 1. The molecule has 0 fully saturated rings. The van der Waals surface area contributed by atoms with Crippen LogP contribution in [0, 0.1) is 0 Å². The van der Waals surface area contributed by atoms with Crippen molar-refractivity contribution in [3.8, 4) is 62.1 Å². The molecule has 0 aliphatic heterocycles. The van der Waals surface area contributed by atoms with Gasteiger partial charge in [-0.1, -0.05) is 188 Å². The Hall–Kier alpha value is -8.21. The highest BCUT2D eigenvalue weighted by atomic mass is 15.2. The maximum absolute atomic E-state index is 5.32. The average molecular weight is 777 g/mol. The Kier molecular flexibility index (Phi) is 8.13. The highest BCUT2D eigenvalue weighted by Gasteiger charge is 2.19. The number of fused-ring (bicyclic) bond motifs is 6. The molecule has 0 atom stereocenters. The first-order valence-electron chi connectivity index (χ1n) is 20.7. The molecule has 61 heavy (non-hydrogen) atoms. The predicted molar refractivity (Wildman–Crippen MR) is 254 cm³/mol. The second kappa shape index (κ2) is 14.3. The molecular weight excluding hydrogens is 741 g/mol. The lowest BCUT2D eigenvalue weighted by atomic mass is 9.91. The number of benzene rings is 10. The maximum Gasteiger partial charge on any atom is 0.238 e. The van der Waals surface area contributed by atoms with Gasteiger partial charge in [0.25, 0.3) is 0 Å². The van der Waals surface area contributed by atoms with Gasteiger partial charge in [0, 0.05) is 21.9 Å². The third-order valence-corrected chi connectivity index (χ3v) is 12.0. The molecule has 2 heterocycles. The first-order chi connectivity index (χ1) is 30.2. The fraction of sp³-hybridized carbons (Fsp3) is 0. The van der Waals surface area contributed by atoms with E-state index in [0.717, 1.165) is 54.7 Å². The lowest BCUT2D eigenvalue weighted by molar-refractivity contribution is 0.954. The van der Waals surface area contributed by atoms with E-state index in [1.165, 1.54) is 44.0 Å². The van der Waals surface area contributed by atoms with Crippen molar-refractivity contribution in [3.05, 3.63) is 218 Å². The smallest absolute Gasteiger partial charge is 0.238 e. The van der Waals surface area contributed by atoms with Crippen molar-refractivity contribution in [2.75, 3.05) is 0 Å². The predicted octanol–water partition coefficient (Wildman–Crippen LogP) is 14.8. The van der Waals surface area contributed by atoms with Crippen LogP contribution in [0.3, 0.4) is 0 Å². The van der Waals surface area contributed by atoms with Gasteiger partial charge in [0.1, 0.15) is 0 Å². The van der Waals surface area contributed by atoms with Crippen LogP contribution >= 0.6 is 0 Å². The molecule has 4 nitrogen and oxygen atoms in total. The van der Waals surface area contributed by atoms with Gasteiger partial charge in [0.2, 0.25) is 5.95 Å². The molecule has 0 N–H and O–H groups in total. The summed E-state index contributed by atoms with van der Waals surface area (Å²) in [6.07, 6.45) is 0. The van der Waals surface area contributed by atoms with Crippen LogP contribution in [0.1, 0.15) is 0 Å². The summed E-state index contributed by atoms with van der Waals surface area (Å²) in [5, 5.41) is 9.40. The maximum atomic E-state index is 5.32. The highest BCUT2D eigenvalue weighted by molar-refractivity contribution is 6.13. The third-order valence-electron chi connectivity index (χ3n) is 12.0. The van der Waals surface area contributed by atoms with Crippen molar-refractivity contribution >= 4 is 54.1 Å². The molecule has 4 heteroatoms. The number of hydrogen-bond acceptors (Lipinski definition) is 3. The topological polar surface area (TPSA) is 43.6 Å². The third kappa shape index (κ3) is 6.04. The van der Waals surface area contributed by atoms with E-state index in [9.17, 15) is 0 Å². The fourth-order valence-electron chi connectivity index (χ4n) is 9.03. The number of nitrogens with zero attached hydrogens (tertiary/aromatic N) is 4. The van der Waals surface area contributed by atoms with Crippen LogP contribution < -0.4 is 0 Å². The Morgan fingerprint density at radius 3 is 1.56 bits per heavy atom. The van der Waals surface area contributed by atoms with Gasteiger partial charge in [-0.05, 0) is 96.0 Å². The summed E-state index contributed by atoms with van der Waals surface area (Å²) in [5.41, 5.74) is 11.0. The van der Waals surface area contributed by atoms with Crippen LogP contribution in [-0.4, -0.2) is 19.5 Å². The van der Waals surface area contributed by atoms with Gasteiger partial charge in [-0.3, -0.25) is 4.57 Å². The zero-order valence-electron chi connectivity index (χ0n) is 33.1. The molecular formula is C57H36N4. The Labute approximate surface area is 352 Å². The lowest BCUT2D eigenvalue weighted by Crippen LogP contribution is -2.06. The lowest BCUT2D eigenvalue weighted by Gasteiger charge is -2.14. The highest BCUT2D eigenvalue weighted by Crippen LogP contribution is 2.39. The van der Waals surface area contributed by atoms with Gasteiger partial charge in [-0.15, -0.1) is 0 Å². The Morgan fingerprint density at radius 1 is 0.279 bits per heavy atom. The zero-order chi connectivity index (χ0) is 40.3. The summed E-state index contributed by atoms with van der Waals surface area (Å²) in [6.45, 7) is 0. The molecule has 0 radical (unpaired) electrons. The van der Waals surface area contributed by atoms with Crippen molar-refractivity contribution in [1.82, 2.24) is 19.5 Å². The minimum atomic E-state index is 0.574. The van der Waals surface area contributed by atoms with E-state index in [1.54, 1.807) is 0 Å². The quantitative estimate of drug-likeness (QED) is 0.169. The summed E-state index contributed by atoms with van der Waals surface area (Å²) in [6, 6.07) is 77.7. The summed E-state index contributed by atoms with van der Waals surface area (Å²) >= 11 is 0. The van der Waals surface area contributed by atoms with Gasteiger partial charge >= 0.3 is 0 Å². The normalized spacial score (nSPS) is 11.6. The van der Waals surface area contributed by atoms with Crippen molar-refractivity contribution in [2.45, 2.75) is 0 Å². The second-order valence-electron chi connectivity index (χ2n) is 15.6. The van der Waals surface area contributed by atoms with E-state index in [-0.39, 0.29) is 0 Å². The number of aromatic nitrogens is 4. The van der Waals surface area contributed by atoms with Crippen molar-refractivity contribution in [2.24, 2.45) is 0 Å². The van der Waals surface area contributed by atoms with Crippen LogP contribution in [0.4, 0.5) is 0 Å². The summed E-state index contributed by atoms with van der Waals surface area (Å²) < 4.78 is 2.20. The summed E-state index contributed by atoms with van der Waals surface area (Å²) in [5.74, 6) is 1.80. The molecule has 0 spiro atoms. The molecule has 0 unspecified atom stereocenters. The van der Waals surface area contributed by atoms with Crippen molar-refractivity contribution in [3.63, 3.8) is 0 Å². The van der Waals surface area contributed by atoms with E-state index in [2.05, 4.69) is 223 Å². The first-order valence-corrected chi connectivity index (χ1v) is 20.7. The molecule has 0 amide bonds. The van der Waals surface area contributed by atoms with Crippen LogP contribution in [0.15, 0.2) is 218 Å². The first kappa shape index (κ1) is 34.8. The molecule has 12 rings (SSSR count). The van der Waals surface area contributed by atoms with Gasteiger partial charge in [-0.25, -0.2) is 4.98 Å². The van der Waals surface area contributed by atoms with Crippen molar-refractivity contribution < 1.29 is 0 Å². The molecule has 12 aromatic rings. The van der Waals surface area contributed by atoms with E-state index in [4.69, 9.17) is 15.0 Å². The van der Waals surface area contributed by atoms with Crippen LogP contribution in [0.2, 0.25) is 0 Å². The molecule has 10 aromatic carbocycles. The molecule has 0 saturated carbocycles. The summed E-state index contributed by atoms with van der Waals surface area (Å²) in [4.78, 5) is 15.9. The molecule has 0 saturated heterocycles. The van der Waals surface area contributed by atoms with Crippen LogP contribution in [0.25, 0.3) is 116 Å². The van der Waals surface area contributed by atoms with Crippen LogP contribution in [0.5, 0.6) is 0 Å². The van der Waals surface area contributed by atoms with E-state index in [1.807, 2.05) is 0 Å². The molecule has 0 aliphatic carbocycles. The minimum absolute atomic E-state index is 0.574. The van der Waals surface area contributed by atoms with E-state index < -0.39 is 0 Å². The standard InChI is InChI=1S/C57H36N4/c1-3-13-37(14-4-1)45-31-25-38-26-32-46(34-47(38)33-45)56-58-55(59-57(60-56)61-52-24-10-9-21-50(52)51-35-43-17-7-8-18-44(43)36-53(51)61)42-29-27-40(28-30-42)49-23-12-20-41-19-11-22-48(54(41)49)39-15-5-2-6-16-39/h1-36H. The summed E-state index contributed by atoms with van der Waals surface area (Å²) in [7, 11) is 0. The second-order valence-corrected chi connectivity index (χ2v) is 15.6. The molecule has 2 aromatic heterocycles. The van der Waals surface area contributed by atoms with E-state index in [0.29, 0.717) is 17.6 Å². The Balaban J connectivity index is 1.05. The largest absolute Gasteiger partial charge is 0.278 e. The zero-order valence-corrected chi connectivity index (χ0v) is 33.1. The Morgan fingerprint density at radius 2 is 0.820 bits per heavy atom. The monoisotopic (exact) mass is 776 g/mol. The molecule has 0 bridgehead atoms. The number of hydrogen-bond donors (Lipinski definition) is 0. The average Bonchev–Trinajstić information content (AvgIpc) is 3.66. The van der Waals surface area contributed by atoms with Gasteiger partial charge in [0.15, 0.2) is 11.6 Å². The minimum Gasteiger partial charge on any atom is -0.278 e. The fourth-order valence-corrected chi connectivity index (χ4v) is 9.03. The van der Waals surface area contributed by atoms with Gasteiger partial charge in [0.05, 0.1) is 11.0 Å². The van der Waals surface area contributed by atoms with Gasteiger partial charge < -0.3 is 0 Å². The SMILES string of the molecule is c1ccc(-c2ccc3ccc(-c4nc(-c5ccc(-c6cccc7cccc(-c8ccccc8)c67)cc5)nc(-n5c6ccccc6c6cc7ccccc7cc65)n4)cc3c2)cc1. The van der Waals surface area contributed by atoms with E-state index >= 15 is 0 Å².